The molecular formula is C16H25N3O4. The van der Waals surface area contributed by atoms with Gasteiger partial charge in [-0.3, -0.25) is 14.7 Å². The number of carboxylic acid groups (broad SMARTS) is 1. The van der Waals surface area contributed by atoms with E-state index in [0.29, 0.717) is 32.4 Å². The third-order valence-corrected chi connectivity index (χ3v) is 4.58. The minimum absolute atomic E-state index is 0.0382. The zero-order chi connectivity index (χ0) is 16.7. The fourth-order valence-electron chi connectivity index (χ4n) is 3.14. The monoisotopic (exact) mass is 323 g/mol. The van der Waals surface area contributed by atoms with Crippen molar-refractivity contribution in [2.45, 2.75) is 38.5 Å². The van der Waals surface area contributed by atoms with Gasteiger partial charge in [-0.2, -0.15) is 5.10 Å². The molecule has 1 amide bonds. The van der Waals surface area contributed by atoms with Gasteiger partial charge in [0.05, 0.1) is 11.6 Å². The van der Waals surface area contributed by atoms with Gasteiger partial charge in [-0.25, -0.2) is 0 Å². The smallest absolute Gasteiger partial charge is 0.311 e. The van der Waals surface area contributed by atoms with E-state index in [1.807, 2.05) is 6.20 Å². The fourth-order valence-corrected chi connectivity index (χ4v) is 3.14. The third kappa shape index (κ3) is 4.54. The van der Waals surface area contributed by atoms with Gasteiger partial charge in [-0.05, 0) is 37.7 Å². The number of hydrogen-bond acceptors (Lipinski definition) is 4. The molecule has 1 aromatic heterocycles. The van der Waals surface area contributed by atoms with Gasteiger partial charge in [-0.15, -0.1) is 0 Å². The summed E-state index contributed by atoms with van der Waals surface area (Å²) in [5, 5.41) is 16.2. The van der Waals surface area contributed by atoms with Crippen LogP contribution in [0.25, 0.3) is 0 Å². The average molecular weight is 323 g/mol. The summed E-state index contributed by atoms with van der Waals surface area (Å²) in [6, 6.07) is 0. The predicted molar refractivity (Wildman–Crippen MR) is 83.9 cm³/mol. The van der Waals surface area contributed by atoms with Crippen LogP contribution in [0.1, 0.15) is 37.7 Å². The van der Waals surface area contributed by atoms with E-state index in [1.54, 1.807) is 18.2 Å². The molecule has 0 saturated carbocycles. The van der Waals surface area contributed by atoms with Crippen LogP contribution in [0.15, 0.2) is 12.4 Å². The number of ether oxygens (including phenoxy) is 1. The summed E-state index contributed by atoms with van der Waals surface area (Å²) in [5.41, 5.74) is 0.213. The number of aliphatic carboxylic acids is 1. The second kappa shape index (κ2) is 8.10. The van der Waals surface area contributed by atoms with Crippen molar-refractivity contribution in [2.24, 2.45) is 5.41 Å². The number of aromatic nitrogens is 2. The maximum Gasteiger partial charge on any atom is 0.311 e. The van der Waals surface area contributed by atoms with Gasteiger partial charge in [0, 0.05) is 39.4 Å². The molecule has 0 radical (unpaired) electrons. The normalized spacial score (nSPS) is 21.3. The lowest BCUT2D eigenvalue weighted by molar-refractivity contribution is -0.156. The molecule has 1 aromatic rings. The Morgan fingerprint density at radius 3 is 3.00 bits per heavy atom. The van der Waals surface area contributed by atoms with E-state index < -0.39 is 11.4 Å². The number of nitrogens with zero attached hydrogens (tertiary/aromatic N) is 2. The number of amides is 1. The number of H-pyrrole nitrogens is 1. The van der Waals surface area contributed by atoms with Gasteiger partial charge in [0.15, 0.2) is 0 Å². The zero-order valence-corrected chi connectivity index (χ0v) is 13.6. The Labute approximate surface area is 136 Å². The van der Waals surface area contributed by atoms with Crippen molar-refractivity contribution in [2.75, 3.05) is 26.8 Å². The summed E-state index contributed by atoms with van der Waals surface area (Å²) in [6.45, 7) is 1.33. The largest absolute Gasteiger partial charge is 0.481 e. The third-order valence-electron chi connectivity index (χ3n) is 4.58. The number of aromatic amines is 1. The molecule has 7 heteroatoms. The predicted octanol–water partition coefficient (Wildman–Crippen LogP) is 1.46. The number of methoxy groups -OCH3 is 1. The summed E-state index contributed by atoms with van der Waals surface area (Å²) in [6.07, 6.45) is 7.32. The number of likely N-dealkylation sites (tertiary alicyclic amines) is 1. The van der Waals surface area contributed by atoms with Gasteiger partial charge in [0.25, 0.3) is 0 Å². The first kappa shape index (κ1) is 17.5. The Bertz CT molecular complexity index is 517. The van der Waals surface area contributed by atoms with Gasteiger partial charge in [0.1, 0.15) is 0 Å². The number of carbonyl (C=O) groups is 2. The quantitative estimate of drug-likeness (QED) is 0.755. The van der Waals surface area contributed by atoms with Crippen LogP contribution in [-0.2, 0) is 20.7 Å². The standard InChI is InChI=1S/C16H25N3O4/c1-23-9-7-16(15(21)22)6-3-8-19(12-16)14(20)5-2-4-13-10-17-18-11-13/h10-11H,2-9,12H2,1H3,(H,17,18)(H,21,22)/t16-/m0/s1. The minimum atomic E-state index is -0.867. The number of carboxylic acids is 1. The molecule has 1 aliphatic heterocycles. The van der Waals surface area contributed by atoms with E-state index in [1.165, 1.54) is 0 Å². The molecule has 1 atom stereocenters. The SMILES string of the molecule is COCC[C@@]1(C(=O)O)CCCN(C(=O)CCCc2cn[nH]c2)C1. The maximum absolute atomic E-state index is 12.4. The second-order valence-electron chi connectivity index (χ2n) is 6.21. The topological polar surface area (TPSA) is 95.5 Å². The number of carbonyl (C=O) groups excluding carboxylic acids is 1. The van der Waals surface area contributed by atoms with E-state index in [9.17, 15) is 14.7 Å². The Morgan fingerprint density at radius 2 is 2.35 bits per heavy atom. The molecule has 1 aliphatic rings. The van der Waals surface area contributed by atoms with Gasteiger partial charge >= 0.3 is 5.97 Å². The highest BCUT2D eigenvalue weighted by Crippen LogP contribution is 2.34. The molecule has 0 unspecified atom stereocenters. The molecule has 0 aliphatic carbocycles. The highest BCUT2D eigenvalue weighted by Gasteiger charge is 2.43. The molecule has 2 heterocycles. The van der Waals surface area contributed by atoms with Crippen molar-refractivity contribution in [3.8, 4) is 0 Å². The summed E-state index contributed by atoms with van der Waals surface area (Å²) >= 11 is 0. The zero-order valence-electron chi connectivity index (χ0n) is 13.6. The first-order chi connectivity index (χ1) is 11.1. The average Bonchev–Trinajstić information content (AvgIpc) is 3.06. The molecular weight excluding hydrogens is 298 g/mol. The van der Waals surface area contributed by atoms with Crippen molar-refractivity contribution < 1.29 is 19.4 Å². The van der Waals surface area contributed by atoms with Crippen LogP contribution in [0.5, 0.6) is 0 Å². The van der Waals surface area contributed by atoms with Crippen LogP contribution in [0, 0.1) is 5.41 Å². The lowest BCUT2D eigenvalue weighted by Gasteiger charge is -2.40. The number of nitrogens with one attached hydrogen (secondary N) is 1. The summed E-state index contributed by atoms with van der Waals surface area (Å²) in [7, 11) is 1.57. The highest BCUT2D eigenvalue weighted by molar-refractivity contribution is 5.79. The molecule has 2 rings (SSSR count). The molecule has 0 bridgehead atoms. The minimum Gasteiger partial charge on any atom is -0.481 e. The van der Waals surface area contributed by atoms with Crippen LogP contribution in [0.4, 0.5) is 0 Å². The maximum atomic E-state index is 12.4. The molecule has 23 heavy (non-hydrogen) atoms. The van der Waals surface area contributed by atoms with Gasteiger partial charge in [0.2, 0.25) is 5.91 Å². The van der Waals surface area contributed by atoms with Crippen LogP contribution in [0.2, 0.25) is 0 Å². The van der Waals surface area contributed by atoms with E-state index in [0.717, 1.165) is 24.8 Å². The van der Waals surface area contributed by atoms with E-state index in [4.69, 9.17) is 4.74 Å². The lowest BCUT2D eigenvalue weighted by atomic mass is 9.77. The highest BCUT2D eigenvalue weighted by atomic mass is 16.5. The van der Waals surface area contributed by atoms with Gasteiger partial charge in [-0.1, -0.05) is 0 Å². The lowest BCUT2D eigenvalue weighted by Crippen LogP contribution is -2.50. The van der Waals surface area contributed by atoms with Gasteiger partial charge < -0.3 is 14.7 Å². The number of hydrogen-bond donors (Lipinski definition) is 2. The number of rotatable bonds is 8. The second-order valence-corrected chi connectivity index (χ2v) is 6.21. The Hall–Kier alpha value is -1.89. The molecule has 0 spiro atoms. The van der Waals surface area contributed by atoms with Crippen molar-refractivity contribution in [3.05, 3.63) is 18.0 Å². The van der Waals surface area contributed by atoms with Crippen molar-refractivity contribution in [3.63, 3.8) is 0 Å². The van der Waals surface area contributed by atoms with E-state index in [2.05, 4.69) is 10.2 Å². The van der Waals surface area contributed by atoms with Crippen LogP contribution < -0.4 is 0 Å². The first-order valence-corrected chi connectivity index (χ1v) is 8.05. The number of aryl methyl sites for hydroxylation is 1. The molecule has 1 fully saturated rings. The summed E-state index contributed by atoms with van der Waals surface area (Å²) < 4.78 is 5.05. The van der Waals surface area contributed by atoms with Crippen molar-refractivity contribution >= 4 is 11.9 Å². The molecule has 128 valence electrons. The molecule has 7 nitrogen and oxygen atoms in total. The van der Waals surface area contributed by atoms with Crippen molar-refractivity contribution in [1.29, 1.82) is 0 Å². The van der Waals surface area contributed by atoms with Crippen LogP contribution >= 0.6 is 0 Å². The molecule has 0 aromatic carbocycles. The fraction of sp³-hybridized carbons (Fsp3) is 0.688. The molecule has 1 saturated heterocycles. The Kier molecular flexibility index (Phi) is 6.15. The Balaban J connectivity index is 1.88. The number of piperidine rings is 1. The van der Waals surface area contributed by atoms with Crippen molar-refractivity contribution in [1.82, 2.24) is 15.1 Å². The van der Waals surface area contributed by atoms with Crippen LogP contribution in [0.3, 0.4) is 0 Å². The van der Waals surface area contributed by atoms with E-state index in [-0.39, 0.29) is 12.5 Å². The summed E-state index contributed by atoms with van der Waals surface area (Å²) in [5.74, 6) is -0.790. The molecule has 2 N–H and O–H groups in total. The first-order valence-electron chi connectivity index (χ1n) is 8.05. The van der Waals surface area contributed by atoms with Crippen LogP contribution in [-0.4, -0.2) is 58.9 Å². The Morgan fingerprint density at radius 1 is 1.52 bits per heavy atom. The summed E-state index contributed by atoms with van der Waals surface area (Å²) in [4.78, 5) is 25.8. The van der Waals surface area contributed by atoms with E-state index >= 15 is 0 Å².